The van der Waals surface area contributed by atoms with Gasteiger partial charge in [-0.05, 0) is 25.3 Å². The van der Waals surface area contributed by atoms with Crippen molar-refractivity contribution in [2.45, 2.75) is 32.3 Å². The van der Waals surface area contributed by atoms with Crippen LogP contribution in [-0.2, 0) is 4.79 Å². The summed E-state index contributed by atoms with van der Waals surface area (Å²) in [5, 5.41) is 9.34. The Morgan fingerprint density at radius 3 is 3.08 bits per heavy atom. The lowest BCUT2D eigenvalue weighted by molar-refractivity contribution is -0.128. The maximum Gasteiger partial charge on any atom is 0.246 e. The molecular formula is C10H17NO2. The molecule has 0 aromatic heterocycles. The van der Waals surface area contributed by atoms with Crippen molar-refractivity contribution in [1.29, 1.82) is 0 Å². The lowest BCUT2D eigenvalue weighted by Gasteiger charge is -2.29. The third-order valence-electron chi connectivity index (χ3n) is 2.20. The third kappa shape index (κ3) is 3.19. The standard InChI is InChI=1S/C10H17NO2/c1-2-3-6-10(13)11-7-4-5-9(12)8-11/h3,6,9,12H,2,4-5,7-8H2,1H3/b6-3+/t9-/m0/s1. The molecule has 1 saturated heterocycles. The van der Waals surface area contributed by atoms with Crippen LogP contribution in [0.4, 0.5) is 0 Å². The minimum atomic E-state index is -0.326. The number of piperidine rings is 1. The molecule has 1 heterocycles. The number of hydrogen-bond donors (Lipinski definition) is 1. The van der Waals surface area contributed by atoms with Crippen LogP contribution in [0.15, 0.2) is 12.2 Å². The molecule has 1 N–H and O–H groups in total. The van der Waals surface area contributed by atoms with E-state index < -0.39 is 0 Å². The molecule has 0 saturated carbocycles. The van der Waals surface area contributed by atoms with Crippen LogP contribution in [0.25, 0.3) is 0 Å². The molecule has 0 spiro atoms. The summed E-state index contributed by atoms with van der Waals surface area (Å²) in [4.78, 5) is 13.1. The number of likely N-dealkylation sites (tertiary alicyclic amines) is 1. The molecule has 0 aliphatic carbocycles. The predicted molar refractivity (Wildman–Crippen MR) is 51.3 cm³/mol. The number of carbonyl (C=O) groups is 1. The molecule has 3 nitrogen and oxygen atoms in total. The van der Waals surface area contributed by atoms with Crippen molar-refractivity contribution in [3.8, 4) is 0 Å². The molecular weight excluding hydrogens is 166 g/mol. The normalized spacial score (nSPS) is 23.8. The van der Waals surface area contributed by atoms with Gasteiger partial charge in [-0.1, -0.05) is 13.0 Å². The molecule has 13 heavy (non-hydrogen) atoms. The fourth-order valence-corrected chi connectivity index (χ4v) is 1.48. The molecule has 0 radical (unpaired) electrons. The first-order valence-electron chi connectivity index (χ1n) is 4.87. The van der Waals surface area contributed by atoms with Gasteiger partial charge in [0.2, 0.25) is 5.91 Å². The lowest BCUT2D eigenvalue weighted by Crippen LogP contribution is -2.41. The van der Waals surface area contributed by atoms with E-state index in [-0.39, 0.29) is 12.0 Å². The zero-order valence-electron chi connectivity index (χ0n) is 8.07. The zero-order chi connectivity index (χ0) is 9.68. The van der Waals surface area contributed by atoms with Gasteiger partial charge in [-0.2, -0.15) is 0 Å². The summed E-state index contributed by atoms with van der Waals surface area (Å²) in [7, 11) is 0. The Morgan fingerprint density at radius 1 is 1.69 bits per heavy atom. The maximum absolute atomic E-state index is 11.4. The number of β-amino-alcohol motifs (C(OH)–C–C–N with tert-alkyl or cyclic N) is 1. The van der Waals surface area contributed by atoms with Crippen molar-refractivity contribution in [2.24, 2.45) is 0 Å². The number of rotatable bonds is 2. The Labute approximate surface area is 79.0 Å². The number of allylic oxidation sites excluding steroid dienone is 1. The van der Waals surface area contributed by atoms with Gasteiger partial charge in [-0.15, -0.1) is 0 Å². The minimum Gasteiger partial charge on any atom is -0.391 e. The molecule has 0 unspecified atom stereocenters. The second-order valence-electron chi connectivity index (χ2n) is 3.39. The molecule has 0 aromatic rings. The van der Waals surface area contributed by atoms with E-state index in [1.807, 2.05) is 13.0 Å². The highest BCUT2D eigenvalue weighted by atomic mass is 16.3. The van der Waals surface area contributed by atoms with E-state index in [0.29, 0.717) is 6.54 Å². The number of carbonyl (C=O) groups excluding carboxylic acids is 1. The van der Waals surface area contributed by atoms with Crippen molar-refractivity contribution in [1.82, 2.24) is 4.90 Å². The van der Waals surface area contributed by atoms with E-state index in [1.165, 1.54) is 0 Å². The first-order valence-corrected chi connectivity index (χ1v) is 4.87. The summed E-state index contributed by atoms with van der Waals surface area (Å²) in [6, 6.07) is 0. The van der Waals surface area contributed by atoms with Gasteiger partial charge in [0.1, 0.15) is 0 Å². The van der Waals surface area contributed by atoms with Gasteiger partial charge >= 0.3 is 0 Å². The van der Waals surface area contributed by atoms with Gasteiger partial charge in [0.25, 0.3) is 0 Å². The molecule has 1 aliphatic rings. The highest BCUT2D eigenvalue weighted by Crippen LogP contribution is 2.09. The van der Waals surface area contributed by atoms with Gasteiger partial charge < -0.3 is 10.0 Å². The van der Waals surface area contributed by atoms with Gasteiger partial charge in [-0.3, -0.25) is 4.79 Å². The average Bonchev–Trinajstić information content (AvgIpc) is 2.14. The summed E-state index contributed by atoms with van der Waals surface area (Å²) in [6.45, 7) is 3.27. The SMILES string of the molecule is CC/C=C/C(=O)N1CCC[C@H](O)C1. The molecule has 74 valence electrons. The van der Waals surface area contributed by atoms with Gasteiger partial charge in [-0.25, -0.2) is 0 Å². The van der Waals surface area contributed by atoms with Crippen LogP contribution in [0.2, 0.25) is 0 Å². The van der Waals surface area contributed by atoms with Gasteiger partial charge in [0.15, 0.2) is 0 Å². The first-order chi connectivity index (χ1) is 6.24. The number of aliphatic hydroxyl groups is 1. The zero-order valence-corrected chi connectivity index (χ0v) is 8.07. The summed E-state index contributed by atoms with van der Waals surface area (Å²) < 4.78 is 0. The molecule has 1 fully saturated rings. The molecule has 1 aliphatic heterocycles. The Kier molecular flexibility index (Phi) is 3.96. The van der Waals surface area contributed by atoms with Crippen molar-refractivity contribution >= 4 is 5.91 Å². The Bertz CT molecular complexity index is 201. The Hall–Kier alpha value is -0.830. The highest BCUT2D eigenvalue weighted by Gasteiger charge is 2.19. The molecule has 1 amide bonds. The Morgan fingerprint density at radius 2 is 2.46 bits per heavy atom. The van der Waals surface area contributed by atoms with Crippen LogP contribution in [0.5, 0.6) is 0 Å². The van der Waals surface area contributed by atoms with Crippen LogP contribution in [-0.4, -0.2) is 35.1 Å². The topological polar surface area (TPSA) is 40.5 Å². The van der Waals surface area contributed by atoms with Gasteiger partial charge in [0.05, 0.1) is 6.10 Å². The quantitative estimate of drug-likeness (QED) is 0.647. The molecule has 3 heteroatoms. The molecule has 1 atom stereocenters. The van der Waals surface area contributed by atoms with Crippen molar-refractivity contribution in [3.63, 3.8) is 0 Å². The lowest BCUT2D eigenvalue weighted by atomic mass is 10.1. The van der Waals surface area contributed by atoms with E-state index >= 15 is 0 Å². The van der Waals surface area contributed by atoms with Crippen LogP contribution in [0.1, 0.15) is 26.2 Å². The van der Waals surface area contributed by atoms with Gasteiger partial charge in [0, 0.05) is 13.1 Å². The van der Waals surface area contributed by atoms with Crippen LogP contribution in [0.3, 0.4) is 0 Å². The van der Waals surface area contributed by atoms with Crippen LogP contribution >= 0.6 is 0 Å². The summed E-state index contributed by atoms with van der Waals surface area (Å²) in [5.74, 6) is 0.0283. The minimum absolute atomic E-state index is 0.0283. The smallest absolute Gasteiger partial charge is 0.246 e. The molecule has 0 aromatic carbocycles. The number of aliphatic hydroxyl groups excluding tert-OH is 1. The summed E-state index contributed by atoms with van der Waals surface area (Å²) in [5.41, 5.74) is 0. The fraction of sp³-hybridized carbons (Fsp3) is 0.700. The largest absolute Gasteiger partial charge is 0.391 e. The van der Waals surface area contributed by atoms with Crippen molar-refractivity contribution in [3.05, 3.63) is 12.2 Å². The monoisotopic (exact) mass is 183 g/mol. The maximum atomic E-state index is 11.4. The van der Waals surface area contributed by atoms with E-state index in [9.17, 15) is 9.90 Å². The third-order valence-corrected chi connectivity index (χ3v) is 2.20. The van der Waals surface area contributed by atoms with E-state index in [4.69, 9.17) is 0 Å². The van der Waals surface area contributed by atoms with E-state index in [2.05, 4.69) is 0 Å². The van der Waals surface area contributed by atoms with Crippen LogP contribution < -0.4 is 0 Å². The second kappa shape index (κ2) is 5.02. The van der Waals surface area contributed by atoms with Crippen molar-refractivity contribution < 1.29 is 9.90 Å². The second-order valence-corrected chi connectivity index (χ2v) is 3.39. The Balaban J connectivity index is 2.41. The summed E-state index contributed by atoms with van der Waals surface area (Å²) in [6.07, 6.45) is 5.73. The van der Waals surface area contributed by atoms with E-state index in [0.717, 1.165) is 25.8 Å². The van der Waals surface area contributed by atoms with Crippen molar-refractivity contribution in [2.75, 3.05) is 13.1 Å². The number of nitrogens with zero attached hydrogens (tertiary/aromatic N) is 1. The molecule has 1 rings (SSSR count). The first kappa shape index (κ1) is 10.3. The average molecular weight is 183 g/mol. The van der Waals surface area contributed by atoms with E-state index in [1.54, 1.807) is 11.0 Å². The number of hydrogen-bond acceptors (Lipinski definition) is 2. The van der Waals surface area contributed by atoms with Crippen LogP contribution in [0, 0.1) is 0 Å². The predicted octanol–water partition coefficient (Wildman–Crippen LogP) is 0.936. The fourth-order valence-electron chi connectivity index (χ4n) is 1.48. The number of amides is 1. The summed E-state index contributed by atoms with van der Waals surface area (Å²) >= 11 is 0. The highest BCUT2D eigenvalue weighted by molar-refractivity contribution is 5.87. The molecule has 0 bridgehead atoms.